The zero-order chi connectivity index (χ0) is 22.8. The summed E-state index contributed by atoms with van der Waals surface area (Å²) in [6.07, 6.45) is 0. The Hall–Kier alpha value is -1.33. The van der Waals surface area contributed by atoms with E-state index in [2.05, 4.69) is 106 Å². The molecule has 0 saturated carbocycles. The predicted molar refractivity (Wildman–Crippen MR) is 140 cm³/mol. The molecule has 0 aromatic heterocycles. The predicted octanol–water partition coefficient (Wildman–Crippen LogP) is 6.10. The molecule has 0 aliphatic carbocycles. The number of rotatable bonds is 2. The second kappa shape index (κ2) is 7.37. The number of hydrogen-bond donors (Lipinski definition) is 0. The molecule has 3 rings (SSSR count). The highest BCUT2D eigenvalue weighted by Gasteiger charge is 2.39. The second-order valence-corrected chi connectivity index (χ2v) is 18.3. The first-order valence-corrected chi connectivity index (χ1v) is 17.4. The lowest BCUT2D eigenvalue weighted by molar-refractivity contribution is 0.421. The summed E-state index contributed by atoms with van der Waals surface area (Å²) in [5, 5.41) is 2.96. The van der Waals surface area contributed by atoms with Crippen LogP contribution in [0, 0.1) is 0 Å². The Morgan fingerprint density at radius 1 is 0.633 bits per heavy atom. The minimum atomic E-state index is -1.06. The van der Waals surface area contributed by atoms with Crippen molar-refractivity contribution in [1.82, 2.24) is 0 Å². The lowest BCUT2D eigenvalue weighted by Gasteiger charge is -2.40. The molecule has 0 fully saturated rings. The summed E-state index contributed by atoms with van der Waals surface area (Å²) in [6.45, 7) is 28.5. The van der Waals surface area contributed by atoms with Crippen molar-refractivity contribution in [3.63, 3.8) is 0 Å². The standard InChI is InChI=1S/C27H42OSi2/c1-25(2,3)17-13-19-23(21(15-17)29(9)10)28-24-20(27(19,7)8)14-18(26(4,5)6)16-22(24)30(11)12/h13-16,29-30H,1-12H3. The van der Waals surface area contributed by atoms with Crippen LogP contribution in [0.25, 0.3) is 0 Å². The fourth-order valence-electron chi connectivity index (χ4n) is 4.43. The van der Waals surface area contributed by atoms with Crippen LogP contribution < -0.4 is 15.1 Å². The van der Waals surface area contributed by atoms with E-state index in [0.29, 0.717) is 0 Å². The average Bonchev–Trinajstić information content (AvgIpc) is 2.58. The van der Waals surface area contributed by atoms with Crippen LogP contribution in [-0.2, 0) is 16.2 Å². The molecular weight excluding hydrogens is 396 g/mol. The second-order valence-electron chi connectivity index (χ2n) is 12.4. The van der Waals surface area contributed by atoms with Gasteiger partial charge in [-0.25, -0.2) is 0 Å². The van der Waals surface area contributed by atoms with Crippen molar-refractivity contribution in [3.05, 3.63) is 46.5 Å². The first-order chi connectivity index (χ1) is 13.5. The molecule has 30 heavy (non-hydrogen) atoms. The molecule has 0 radical (unpaired) electrons. The van der Waals surface area contributed by atoms with Crippen molar-refractivity contribution in [2.45, 2.75) is 97.8 Å². The van der Waals surface area contributed by atoms with Gasteiger partial charge in [0.1, 0.15) is 11.5 Å². The van der Waals surface area contributed by atoms with Crippen LogP contribution in [0.1, 0.15) is 77.6 Å². The topological polar surface area (TPSA) is 9.23 Å². The third-order valence-corrected chi connectivity index (χ3v) is 10.1. The van der Waals surface area contributed by atoms with Crippen molar-refractivity contribution in [2.75, 3.05) is 0 Å². The molecule has 0 unspecified atom stereocenters. The molecule has 0 amide bonds. The maximum atomic E-state index is 6.90. The van der Waals surface area contributed by atoms with Gasteiger partial charge in [0.2, 0.25) is 0 Å². The Kier molecular flexibility index (Phi) is 5.74. The molecule has 0 atom stereocenters. The van der Waals surface area contributed by atoms with Gasteiger partial charge in [0.05, 0.1) is 17.6 Å². The van der Waals surface area contributed by atoms with E-state index in [1.807, 2.05) is 0 Å². The molecule has 1 nitrogen and oxygen atoms in total. The summed E-state index contributed by atoms with van der Waals surface area (Å²) in [5.41, 5.74) is 5.81. The van der Waals surface area contributed by atoms with Crippen LogP contribution in [0.15, 0.2) is 24.3 Å². The van der Waals surface area contributed by atoms with Crippen LogP contribution >= 0.6 is 0 Å². The van der Waals surface area contributed by atoms with Gasteiger partial charge in [-0.15, -0.1) is 0 Å². The van der Waals surface area contributed by atoms with Gasteiger partial charge in [0.15, 0.2) is 0 Å². The van der Waals surface area contributed by atoms with Crippen molar-refractivity contribution in [1.29, 1.82) is 0 Å². The summed E-state index contributed by atoms with van der Waals surface area (Å²) in [4.78, 5) is 0. The van der Waals surface area contributed by atoms with Crippen molar-refractivity contribution < 1.29 is 4.74 Å². The molecule has 0 N–H and O–H groups in total. The molecule has 0 spiro atoms. The monoisotopic (exact) mass is 438 g/mol. The van der Waals surface area contributed by atoms with Crippen molar-refractivity contribution in [2.24, 2.45) is 0 Å². The third kappa shape index (κ3) is 3.96. The summed E-state index contributed by atoms with van der Waals surface area (Å²) in [6, 6.07) is 9.78. The van der Waals surface area contributed by atoms with Gasteiger partial charge < -0.3 is 4.74 Å². The van der Waals surface area contributed by atoms with Gasteiger partial charge in [-0.1, -0.05) is 106 Å². The van der Waals surface area contributed by atoms with Gasteiger partial charge in [0, 0.05) is 16.5 Å². The van der Waals surface area contributed by atoms with E-state index in [1.165, 1.54) is 44.1 Å². The number of hydrogen-bond acceptors (Lipinski definition) is 1. The molecule has 0 saturated heterocycles. The van der Waals surface area contributed by atoms with E-state index in [4.69, 9.17) is 4.74 Å². The van der Waals surface area contributed by atoms with E-state index in [-0.39, 0.29) is 16.2 Å². The zero-order valence-corrected chi connectivity index (χ0v) is 23.7. The Bertz CT molecular complexity index is 892. The maximum Gasteiger partial charge on any atom is 0.130 e. The molecule has 2 aromatic rings. The maximum absolute atomic E-state index is 6.90. The summed E-state index contributed by atoms with van der Waals surface area (Å²) in [7, 11) is -2.11. The van der Waals surface area contributed by atoms with E-state index in [0.717, 1.165) is 0 Å². The molecule has 1 heterocycles. The molecule has 3 heteroatoms. The molecule has 0 bridgehead atoms. The Balaban J connectivity index is 2.38. The zero-order valence-electron chi connectivity index (χ0n) is 21.4. The van der Waals surface area contributed by atoms with Crippen LogP contribution in [0.3, 0.4) is 0 Å². The number of benzene rings is 2. The quantitative estimate of drug-likeness (QED) is 0.515. The fraction of sp³-hybridized carbons (Fsp3) is 0.556. The smallest absolute Gasteiger partial charge is 0.130 e. The highest BCUT2D eigenvalue weighted by Crippen LogP contribution is 2.49. The lowest BCUT2D eigenvalue weighted by atomic mass is 9.72. The van der Waals surface area contributed by atoms with Crippen LogP contribution in [0.2, 0.25) is 26.2 Å². The van der Waals surface area contributed by atoms with Crippen LogP contribution in [0.4, 0.5) is 0 Å². The van der Waals surface area contributed by atoms with Gasteiger partial charge in [-0.2, -0.15) is 0 Å². The largest absolute Gasteiger partial charge is 0.457 e. The molecule has 1 aliphatic rings. The number of fused-ring (bicyclic) bond motifs is 2. The summed E-state index contributed by atoms with van der Waals surface area (Å²) in [5.74, 6) is 2.34. The number of ether oxygens (including phenoxy) is 1. The van der Waals surface area contributed by atoms with Gasteiger partial charge in [-0.3, -0.25) is 0 Å². The van der Waals surface area contributed by atoms with Gasteiger partial charge in [0.25, 0.3) is 0 Å². The molecule has 2 aromatic carbocycles. The first-order valence-electron chi connectivity index (χ1n) is 11.6. The SMILES string of the molecule is C[SiH](C)c1cc(C(C)(C)C)cc2c1Oc1c([SiH](C)C)cc(C(C)(C)C)cc1C2(C)C. The van der Waals surface area contributed by atoms with Crippen molar-refractivity contribution in [3.8, 4) is 11.5 Å². The van der Waals surface area contributed by atoms with Crippen LogP contribution in [-0.4, -0.2) is 17.6 Å². The minimum absolute atomic E-state index is 0.0679. The normalized spacial score (nSPS) is 15.8. The highest BCUT2D eigenvalue weighted by molar-refractivity contribution is 6.72. The molecular formula is C27H42OSi2. The van der Waals surface area contributed by atoms with E-state index in [1.54, 1.807) is 0 Å². The van der Waals surface area contributed by atoms with E-state index in [9.17, 15) is 0 Å². The minimum Gasteiger partial charge on any atom is -0.457 e. The van der Waals surface area contributed by atoms with E-state index < -0.39 is 17.6 Å². The van der Waals surface area contributed by atoms with Crippen LogP contribution in [0.5, 0.6) is 11.5 Å². The van der Waals surface area contributed by atoms with Gasteiger partial charge in [-0.05, 0) is 32.3 Å². The fourth-order valence-corrected chi connectivity index (χ4v) is 6.93. The Morgan fingerprint density at radius 3 is 1.23 bits per heavy atom. The lowest BCUT2D eigenvalue weighted by Crippen LogP contribution is -2.38. The highest BCUT2D eigenvalue weighted by atomic mass is 28.3. The summed E-state index contributed by atoms with van der Waals surface area (Å²) < 4.78 is 6.90. The average molecular weight is 439 g/mol. The first kappa shape index (κ1) is 23.3. The molecule has 164 valence electrons. The van der Waals surface area contributed by atoms with Crippen molar-refractivity contribution >= 4 is 28.0 Å². The Morgan fingerprint density at radius 2 is 0.967 bits per heavy atom. The Labute approximate surface area is 188 Å². The third-order valence-electron chi connectivity index (χ3n) is 6.76. The molecule has 1 aliphatic heterocycles. The van der Waals surface area contributed by atoms with E-state index >= 15 is 0 Å². The summed E-state index contributed by atoms with van der Waals surface area (Å²) >= 11 is 0. The van der Waals surface area contributed by atoms with Gasteiger partial charge >= 0.3 is 0 Å².